The zero-order valence-corrected chi connectivity index (χ0v) is 21.4. The van der Waals surface area contributed by atoms with Gasteiger partial charge in [-0.1, -0.05) is 12.1 Å². The lowest BCUT2D eigenvalue weighted by Crippen LogP contribution is -2.45. The van der Waals surface area contributed by atoms with Gasteiger partial charge in [0.2, 0.25) is 15.9 Å². The molecule has 2 aliphatic rings. The Morgan fingerprint density at radius 3 is 2.83 bits per heavy atom. The minimum Gasteiger partial charge on any atom is -0.495 e. The van der Waals surface area contributed by atoms with Gasteiger partial charge in [-0.25, -0.2) is 13.1 Å². The Bertz CT molecular complexity index is 1390. The molecule has 9 nitrogen and oxygen atoms in total. The van der Waals surface area contributed by atoms with Crippen LogP contribution < -0.4 is 14.8 Å². The lowest BCUT2D eigenvalue weighted by Gasteiger charge is -2.33. The normalized spacial score (nSPS) is 18.0. The summed E-state index contributed by atoms with van der Waals surface area (Å²) in [5.74, 6) is 0.828. The summed E-state index contributed by atoms with van der Waals surface area (Å²) in [6.07, 6.45) is 2.21. The van der Waals surface area contributed by atoms with Crippen LogP contribution in [0.2, 0.25) is 0 Å². The van der Waals surface area contributed by atoms with Gasteiger partial charge in [0.25, 0.3) is 0 Å². The van der Waals surface area contributed by atoms with Gasteiger partial charge in [-0.15, -0.1) is 11.8 Å². The van der Waals surface area contributed by atoms with Crippen LogP contribution in [0.1, 0.15) is 24.5 Å². The first-order valence-corrected chi connectivity index (χ1v) is 14.2. The second-order valence-electron chi connectivity index (χ2n) is 9.00. The highest BCUT2D eigenvalue weighted by atomic mass is 32.2. The predicted molar refractivity (Wildman–Crippen MR) is 139 cm³/mol. The number of carbonyl (C=O) groups is 1. The molecule has 1 unspecified atom stereocenters. The molecule has 3 heterocycles. The molecule has 3 aromatic rings. The van der Waals surface area contributed by atoms with Gasteiger partial charge < -0.3 is 20.1 Å². The fourth-order valence-corrected chi connectivity index (χ4v) is 6.77. The van der Waals surface area contributed by atoms with Crippen molar-refractivity contribution in [2.24, 2.45) is 0 Å². The van der Waals surface area contributed by atoms with Gasteiger partial charge in [-0.2, -0.15) is 0 Å². The van der Waals surface area contributed by atoms with Crippen molar-refractivity contribution in [3.63, 3.8) is 0 Å². The number of methoxy groups -OCH3 is 1. The van der Waals surface area contributed by atoms with Crippen LogP contribution in [0.5, 0.6) is 5.75 Å². The van der Waals surface area contributed by atoms with E-state index < -0.39 is 16.1 Å². The Balaban J connectivity index is 1.20. The number of fused-ring (bicyclic) bond motifs is 2. The van der Waals surface area contributed by atoms with E-state index in [0.717, 1.165) is 21.4 Å². The summed E-state index contributed by atoms with van der Waals surface area (Å²) in [6, 6.07) is 12.2. The third-order valence-corrected chi connectivity index (χ3v) is 9.16. The Kier molecular flexibility index (Phi) is 7.18. The van der Waals surface area contributed by atoms with E-state index >= 15 is 0 Å². The van der Waals surface area contributed by atoms with Crippen LogP contribution in [0.25, 0.3) is 10.9 Å². The Morgan fingerprint density at radius 2 is 2.06 bits per heavy atom. The van der Waals surface area contributed by atoms with Crippen LogP contribution in [0.4, 0.5) is 5.69 Å². The van der Waals surface area contributed by atoms with E-state index in [-0.39, 0.29) is 16.8 Å². The summed E-state index contributed by atoms with van der Waals surface area (Å²) in [6.45, 7) is 1.76. The van der Waals surface area contributed by atoms with E-state index in [2.05, 4.69) is 19.9 Å². The number of β-amino-alcohol motifs (C(OH)–C–C–N with tert-alkyl or cyclic N) is 1. The molecule has 5 rings (SSSR count). The molecule has 2 aromatic carbocycles. The average Bonchev–Trinajstić information content (AvgIpc) is 2.88. The van der Waals surface area contributed by atoms with Crippen LogP contribution in [0, 0.1) is 0 Å². The zero-order valence-electron chi connectivity index (χ0n) is 19.8. The van der Waals surface area contributed by atoms with Gasteiger partial charge >= 0.3 is 0 Å². The van der Waals surface area contributed by atoms with E-state index in [1.165, 1.54) is 17.8 Å². The molecular weight excluding hydrogens is 500 g/mol. The molecule has 1 atom stereocenters. The summed E-state index contributed by atoms with van der Waals surface area (Å²) in [4.78, 5) is 19.2. The minimum absolute atomic E-state index is 0.136. The lowest BCUT2D eigenvalue weighted by atomic mass is 10.0. The number of aromatic nitrogens is 1. The highest BCUT2D eigenvalue weighted by Gasteiger charge is 2.27. The summed E-state index contributed by atoms with van der Waals surface area (Å²) in [5.41, 5.74) is 2.12. The van der Waals surface area contributed by atoms with Crippen molar-refractivity contribution in [3.05, 3.63) is 54.2 Å². The number of nitrogens with zero attached hydrogens (tertiary/aromatic N) is 2. The number of benzene rings is 2. The number of nitrogens with one attached hydrogen (secondary N) is 2. The molecular formula is C25H28N4O5S2. The molecule has 3 N–H and O–H groups in total. The van der Waals surface area contributed by atoms with Crippen molar-refractivity contribution in [1.29, 1.82) is 0 Å². The van der Waals surface area contributed by atoms with Gasteiger partial charge in [-0.3, -0.25) is 9.78 Å². The van der Waals surface area contributed by atoms with Crippen LogP contribution in [-0.2, 0) is 14.8 Å². The third kappa shape index (κ3) is 5.35. The number of aliphatic hydroxyl groups is 1. The van der Waals surface area contributed by atoms with Crippen molar-refractivity contribution < 1.29 is 23.1 Å². The van der Waals surface area contributed by atoms with Crippen LogP contribution >= 0.6 is 11.8 Å². The topological polar surface area (TPSA) is 121 Å². The van der Waals surface area contributed by atoms with E-state index in [0.29, 0.717) is 49.7 Å². The molecule has 0 spiro atoms. The second kappa shape index (κ2) is 10.3. The first-order chi connectivity index (χ1) is 17.3. The summed E-state index contributed by atoms with van der Waals surface area (Å²) < 4.78 is 34.1. The van der Waals surface area contributed by atoms with Crippen molar-refractivity contribution in [2.75, 3.05) is 37.8 Å². The van der Waals surface area contributed by atoms with E-state index in [9.17, 15) is 18.3 Å². The number of likely N-dealkylation sites (tertiary alicyclic amines) is 1. The van der Waals surface area contributed by atoms with Gasteiger partial charge in [0.15, 0.2) is 0 Å². The first-order valence-electron chi connectivity index (χ1n) is 11.7. The van der Waals surface area contributed by atoms with Crippen molar-refractivity contribution in [3.8, 4) is 5.75 Å². The standard InChI is InChI=1S/C25H28N4O5S2/c1-34-17-11-20-19(3-2-4-21(20)26-13-17)23(30)14-29-9-7-16(8-10-29)28-36(32,33)18-5-6-24-22(12-18)27-25(31)15-35-24/h2-6,11-13,16,23,28,30H,7-10,14-15H2,1H3,(H,27,31). The average molecular weight is 529 g/mol. The molecule has 1 aromatic heterocycles. The number of aliphatic hydroxyl groups excluding tert-OH is 1. The van der Waals surface area contributed by atoms with Crippen molar-refractivity contribution in [2.45, 2.75) is 34.8 Å². The SMILES string of the molecule is COc1cnc2cccc(C(O)CN3CCC(NS(=O)(=O)c4ccc5c(c4)NC(=O)CS5)CC3)c2c1. The monoisotopic (exact) mass is 528 g/mol. The largest absolute Gasteiger partial charge is 0.495 e. The van der Waals surface area contributed by atoms with Crippen LogP contribution in [-0.4, -0.2) is 67.9 Å². The fraction of sp³-hybridized carbons (Fsp3) is 0.360. The smallest absolute Gasteiger partial charge is 0.240 e. The first kappa shape index (κ1) is 25.0. The molecule has 0 radical (unpaired) electrons. The molecule has 0 saturated carbocycles. The van der Waals surface area contributed by atoms with Crippen LogP contribution in [0.3, 0.4) is 0 Å². The minimum atomic E-state index is -3.72. The van der Waals surface area contributed by atoms with E-state index in [1.807, 2.05) is 24.3 Å². The molecule has 1 amide bonds. The Labute approximate surface area is 214 Å². The number of anilines is 1. The second-order valence-corrected chi connectivity index (χ2v) is 11.7. The van der Waals surface area contributed by atoms with Crippen LogP contribution in [0.15, 0.2) is 58.5 Å². The number of ether oxygens (including phenoxy) is 1. The molecule has 190 valence electrons. The van der Waals surface area contributed by atoms with Gasteiger partial charge in [0.05, 0.1) is 41.3 Å². The molecule has 0 bridgehead atoms. The Morgan fingerprint density at radius 1 is 1.25 bits per heavy atom. The fourth-order valence-electron chi connectivity index (χ4n) is 4.65. The molecule has 1 fully saturated rings. The number of amides is 1. The quantitative estimate of drug-likeness (QED) is 0.428. The zero-order chi connectivity index (χ0) is 25.3. The number of sulfonamides is 1. The maximum atomic E-state index is 13.0. The summed E-state index contributed by atoms with van der Waals surface area (Å²) >= 11 is 1.39. The highest BCUT2D eigenvalue weighted by molar-refractivity contribution is 8.00. The number of piperidine rings is 1. The molecule has 11 heteroatoms. The molecule has 1 saturated heterocycles. The number of pyridine rings is 1. The predicted octanol–water partition coefficient (Wildman–Crippen LogP) is 2.76. The number of hydrogen-bond acceptors (Lipinski definition) is 8. The van der Waals surface area contributed by atoms with E-state index in [4.69, 9.17) is 4.74 Å². The summed E-state index contributed by atoms with van der Waals surface area (Å²) in [7, 11) is -2.14. The van der Waals surface area contributed by atoms with Crippen molar-refractivity contribution in [1.82, 2.24) is 14.6 Å². The third-order valence-electron chi connectivity index (χ3n) is 6.56. The maximum absolute atomic E-state index is 13.0. The lowest BCUT2D eigenvalue weighted by molar-refractivity contribution is -0.113. The van der Waals surface area contributed by atoms with Crippen molar-refractivity contribution >= 4 is 44.3 Å². The van der Waals surface area contributed by atoms with Gasteiger partial charge in [-0.05, 0) is 61.8 Å². The highest BCUT2D eigenvalue weighted by Crippen LogP contribution is 2.33. The number of rotatable bonds is 7. The molecule has 2 aliphatic heterocycles. The number of carbonyl (C=O) groups excluding carboxylic acids is 1. The van der Waals surface area contributed by atoms with Gasteiger partial charge in [0.1, 0.15) is 5.75 Å². The van der Waals surface area contributed by atoms with Gasteiger partial charge in [0, 0.05) is 22.9 Å². The van der Waals surface area contributed by atoms with E-state index in [1.54, 1.807) is 25.4 Å². The maximum Gasteiger partial charge on any atom is 0.240 e. The summed E-state index contributed by atoms with van der Waals surface area (Å²) in [5, 5.41) is 14.6. The Hall–Kier alpha value is -2.70. The molecule has 0 aliphatic carbocycles. The number of thioether (sulfide) groups is 1. The number of hydrogen-bond donors (Lipinski definition) is 3. The molecule has 36 heavy (non-hydrogen) atoms.